The van der Waals surface area contributed by atoms with Crippen molar-refractivity contribution in [2.24, 2.45) is 0 Å². The van der Waals surface area contributed by atoms with E-state index in [0.29, 0.717) is 5.04 Å². The highest BCUT2D eigenvalue weighted by atomic mass is 28.4. The third kappa shape index (κ3) is 3.85. The molecule has 0 radical (unpaired) electrons. The van der Waals surface area contributed by atoms with Gasteiger partial charge in [0.15, 0.2) is 8.32 Å². The Morgan fingerprint density at radius 1 is 1.36 bits per heavy atom. The van der Waals surface area contributed by atoms with Crippen molar-refractivity contribution in [3.05, 3.63) is 0 Å². The van der Waals surface area contributed by atoms with Crippen LogP contribution in [0.4, 0.5) is 0 Å². The van der Waals surface area contributed by atoms with Gasteiger partial charge in [-0.3, -0.25) is 0 Å². The van der Waals surface area contributed by atoms with E-state index in [4.69, 9.17) is 10.8 Å². The van der Waals surface area contributed by atoms with Gasteiger partial charge in [0.1, 0.15) is 0 Å². The first-order valence-electron chi connectivity index (χ1n) is 5.45. The third-order valence-electron chi connectivity index (χ3n) is 3.21. The lowest BCUT2D eigenvalue weighted by molar-refractivity contribution is 0.288. The van der Waals surface area contributed by atoms with Crippen LogP contribution in [-0.2, 0) is 4.43 Å². The van der Waals surface area contributed by atoms with Crippen LogP contribution in [0.15, 0.2) is 0 Å². The van der Waals surface area contributed by atoms with E-state index in [1.165, 1.54) is 12.8 Å². The fourth-order valence-corrected chi connectivity index (χ4v) is 3.34. The molecular weight excluding hydrogens is 188 g/mol. The Kier molecular flexibility index (Phi) is 5.47. The summed E-state index contributed by atoms with van der Waals surface area (Å²) in [7, 11) is -1.58. The van der Waals surface area contributed by atoms with Gasteiger partial charge in [0.25, 0.3) is 0 Å². The van der Waals surface area contributed by atoms with E-state index in [2.05, 4.69) is 39.8 Å². The zero-order valence-electron chi connectivity index (χ0n) is 10.3. The van der Waals surface area contributed by atoms with Crippen LogP contribution in [0.25, 0.3) is 0 Å². The van der Waals surface area contributed by atoms with Gasteiger partial charge in [0.05, 0.1) is 0 Å². The maximum atomic E-state index is 5.98. The molecule has 0 aliphatic carbocycles. The van der Waals surface area contributed by atoms with Crippen molar-refractivity contribution in [2.75, 3.05) is 6.61 Å². The molecule has 82 valence electrons. The zero-order chi connectivity index (χ0) is 11.2. The van der Waals surface area contributed by atoms with E-state index in [1.54, 1.807) is 0 Å². The summed E-state index contributed by atoms with van der Waals surface area (Å²) in [5, 5.41) is 0.344. The van der Waals surface area contributed by atoms with Gasteiger partial charge in [-0.25, -0.2) is 0 Å². The highest BCUT2D eigenvalue weighted by molar-refractivity contribution is 6.74. The highest BCUT2D eigenvalue weighted by Gasteiger charge is 2.39. The molecule has 0 rings (SSSR count). The van der Waals surface area contributed by atoms with Crippen LogP contribution in [0.5, 0.6) is 0 Å². The standard InChI is InChI=1S/C12H24OSi/c1-7-9-11-13-14(5,6)12(3,4)10-8-2/h1H,8-11H2,2-6H3. The zero-order valence-corrected chi connectivity index (χ0v) is 11.3. The minimum absolute atomic E-state index is 0.344. The molecule has 0 aliphatic rings. The minimum Gasteiger partial charge on any atom is -0.416 e. The summed E-state index contributed by atoms with van der Waals surface area (Å²) >= 11 is 0. The molecule has 0 saturated heterocycles. The van der Waals surface area contributed by atoms with E-state index in [9.17, 15) is 0 Å². The number of hydrogen-bond acceptors (Lipinski definition) is 1. The second kappa shape index (κ2) is 5.58. The van der Waals surface area contributed by atoms with Crippen molar-refractivity contribution in [1.82, 2.24) is 0 Å². The fourth-order valence-electron chi connectivity index (χ4n) is 1.49. The molecule has 0 aliphatic heterocycles. The van der Waals surface area contributed by atoms with Crippen LogP contribution < -0.4 is 0 Å². The summed E-state index contributed by atoms with van der Waals surface area (Å²) in [6.45, 7) is 12.2. The van der Waals surface area contributed by atoms with Gasteiger partial charge in [-0.2, -0.15) is 0 Å². The number of rotatable bonds is 6. The lowest BCUT2D eigenvalue weighted by atomic mass is 10.1. The van der Waals surface area contributed by atoms with Gasteiger partial charge in [-0.05, 0) is 24.6 Å². The van der Waals surface area contributed by atoms with Crippen LogP contribution in [0, 0.1) is 12.3 Å². The van der Waals surface area contributed by atoms with E-state index >= 15 is 0 Å². The second-order valence-corrected chi connectivity index (χ2v) is 9.61. The fraction of sp³-hybridized carbons (Fsp3) is 0.833. The minimum atomic E-state index is -1.58. The van der Waals surface area contributed by atoms with Gasteiger partial charge in [-0.1, -0.05) is 27.2 Å². The molecule has 0 saturated carbocycles. The van der Waals surface area contributed by atoms with Crippen molar-refractivity contribution < 1.29 is 4.43 Å². The molecule has 0 atom stereocenters. The maximum Gasteiger partial charge on any atom is 0.192 e. The van der Waals surface area contributed by atoms with E-state index in [1.807, 2.05) is 0 Å². The molecule has 0 heterocycles. The summed E-state index contributed by atoms with van der Waals surface area (Å²) in [5.74, 6) is 2.62. The van der Waals surface area contributed by atoms with Crippen molar-refractivity contribution in [2.45, 2.75) is 58.2 Å². The lowest BCUT2D eigenvalue weighted by Gasteiger charge is -2.39. The third-order valence-corrected chi connectivity index (χ3v) is 7.65. The van der Waals surface area contributed by atoms with Crippen molar-refractivity contribution in [3.63, 3.8) is 0 Å². The van der Waals surface area contributed by atoms with Gasteiger partial charge in [0, 0.05) is 13.0 Å². The molecule has 2 heteroatoms. The topological polar surface area (TPSA) is 9.23 Å². The Bertz CT molecular complexity index is 201. The van der Waals surface area contributed by atoms with Crippen molar-refractivity contribution in [1.29, 1.82) is 0 Å². The summed E-state index contributed by atoms with van der Waals surface area (Å²) in [6.07, 6.45) is 8.41. The van der Waals surface area contributed by atoms with Gasteiger partial charge in [-0.15, -0.1) is 12.3 Å². The van der Waals surface area contributed by atoms with Crippen LogP contribution in [0.1, 0.15) is 40.0 Å². The SMILES string of the molecule is C#CCCO[Si](C)(C)C(C)(C)CCC. The molecule has 1 nitrogen and oxygen atoms in total. The van der Waals surface area contributed by atoms with Crippen molar-refractivity contribution in [3.8, 4) is 12.3 Å². The van der Waals surface area contributed by atoms with Crippen LogP contribution in [0.3, 0.4) is 0 Å². The molecule has 0 aromatic heterocycles. The van der Waals surface area contributed by atoms with Gasteiger partial charge < -0.3 is 4.43 Å². The Balaban J connectivity index is 4.22. The second-order valence-electron chi connectivity index (χ2n) is 4.95. The largest absolute Gasteiger partial charge is 0.416 e. The summed E-state index contributed by atoms with van der Waals surface area (Å²) in [4.78, 5) is 0. The first-order valence-corrected chi connectivity index (χ1v) is 8.35. The Morgan fingerprint density at radius 2 is 1.93 bits per heavy atom. The first-order chi connectivity index (χ1) is 6.37. The smallest absolute Gasteiger partial charge is 0.192 e. The Labute approximate surface area is 90.4 Å². The number of hydrogen-bond donors (Lipinski definition) is 0. The normalized spacial score (nSPS) is 12.6. The summed E-state index contributed by atoms with van der Waals surface area (Å²) in [5.41, 5.74) is 0. The monoisotopic (exact) mass is 212 g/mol. The molecule has 0 spiro atoms. The van der Waals surface area contributed by atoms with E-state index in [-0.39, 0.29) is 0 Å². The Morgan fingerprint density at radius 3 is 2.36 bits per heavy atom. The molecule has 0 bridgehead atoms. The maximum absolute atomic E-state index is 5.98. The molecule has 0 aromatic carbocycles. The van der Waals surface area contributed by atoms with Gasteiger partial charge in [0.2, 0.25) is 0 Å². The average molecular weight is 212 g/mol. The predicted molar refractivity (Wildman–Crippen MR) is 65.8 cm³/mol. The van der Waals surface area contributed by atoms with Crippen LogP contribution in [-0.4, -0.2) is 14.9 Å². The number of terminal acetylenes is 1. The first kappa shape index (κ1) is 13.7. The van der Waals surface area contributed by atoms with E-state index < -0.39 is 8.32 Å². The molecule has 14 heavy (non-hydrogen) atoms. The molecule has 0 aromatic rings. The quantitative estimate of drug-likeness (QED) is 0.369. The van der Waals surface area contributed by atoms with E-state index in [0.717, 1.165) is 13.0 Å². The van der Waals surface area contributed by atoms with Crippen LogP contribution >= 0.6 is 0 Å². The lowest BCUT2D eigenvalue weighted by Crippen LogP contribution is -2.42. The summed E-state index contributed by atoms with van der Waals surface area (Å²) < 4.78 is 5.98. The summed E-state index contributed by atoms with van der Waals surface area (Å²) in [6, 6.07) is 0. The molecule has 0 N–H and O–H groups in total. The molecule has 0 unspecified atom stereocenters. The van der Waals surface area contributed by atoms with Crippen molar-refractivity contribution >= 4 is 8.32 Å². The molecule has 0 fully saturated rings. The highest BCUT2D eigenvalue weighted by Crippen LogP contribution is 2.41. The Hall–Kier alpha value is -0.263. The predicted octanol–water partition coefficient (Wildman–Crippen LogP) is 3.81. The molecular formula is C12H24OSi. The van der Waals surface area contributed by atoms with Crippen LogP contribution in [0.2, 0.25) is 18.1 Å². The van der Waals surface area contributed by atoms with Gasteiger partial charge >= 0.3 is 0 Å². The molecule has 0 amide bonds. The average Bonchev–Trinajstić information content (AvgIpc) is 2.04.